The number of nitrogens with one attached hydrogen (secondary N) is 1. The van der Waals surface area contributed by atoms with Crippen molar-refractivity contribution in [3.8, 4) is 17.1 Å². The second-order valence-corrected chi connectivity index (χ2v) is 5.48. The third-order valence-corrected chi connectivity index (χ3v) is 3.57. The second-order valence-electron chi connectivity index (χ2n) is 4.70. The third kappa shape index (κ3) is 3.62. The van der Waals surface area contributed by atoms with Gasteiger partial charge in [0.15, 0.2) is 16.2 Å². The minimum atomic E-state index is -0.318. The molecule has 3 rings (SSSR count). The molecule has 118 valence electrons. The molecule has 3 aromatic rings. The lowest BCUT2D eigenvalue weighted by Crippen LogP contribution is -2.22. The van der Waals surface area contributed by atoms with Gasteiger partial charge in [0.25, 0.3) is 5.91 Å². The number of carbonyl (C=O) groups excluding carboxylic acids is 1. The first-order valence-corrected chi connectivity index (χ1v) is 7.58. The molecule has 0 saturated carbocycles. The van der Waals surface area contributed by atoms with E-state index in [0.717, 1.165) is 11.3 Å². The topological polar surface area (TPSA) is 77.5 Å². The number of ether oxygens (including phenoxy) is 1. The van der Waals surface area contributed by atoms with Crippen molar-refractivity contribution in [2.24, 2.45) is 0 Å². The van der Waals surface area contributed by atoms with Gasteiger partial charge in [0.2, 0.25) is 0 Å². The van der Waals surface area contributed by atoms with Gasteiger partial charge < -0.3 is 19.0 Å². The van der Waals surface area contributed by atoms with Gasteiger partial charge in [-0.1, -0.05) is 17.3 Å². The van der Waals surface area contributed by atoms with E-state index in [9.17, 15) is 4.79 Å². The van der Waals surface area contributed by atoms with Crippen LogP contribution in [0.2, 0.25) is 0 Å². The summed E-state index contributed by atoms with van der Waals surface area (Å²) in [4.78, 5) is 11.9. The molecule has 0 aliphatic heterocycles. The van der Waals surface area contributed by atoms with Crippen LogP contribution in [0.5, 0.6) is 5.75 Å². The molecule has 6 nitrogen and oxygen atoms in total. The highest BCUT2D eigenvalue weighted by Gasteiger charge is 2.12. The van der Waals surface area contributed by atoms with E-state index < -0.39 is 0 Å². The van der Waals surface area contributed by atoms with Crippen LogP contribution in [0.15, 0.2) is 56.1 Å². The van der Waals surface area contributed by atoms with Crippen molar-refractivity contribution in [1.29, 1.82) is 0 Å². The van der Waals surface area contributed by atoms with E-state index in [0.29, 0.717) is 16.1 Å². The van der Waals surface area contributed by atoms with Crippen molar-refractivity contribution >= 4 is 21.8 Å². The van der Waals surface area contributed by atoms with Crippen molar-refractivity contribution < 1.29 is 18.5 Å². The van der Waals surface area contributed by atoms with Gasteiger partial charge in [0.05, 0.1) is 13.7 Å². The quantitative estimate of drug-likeness (QED) is 0.735. The van der Waals surface area contributed by atoms with Gasteiger partial charge in [-0.2, -0.15) is 0 Å². The molecule has 0 aliphatic rings. The summed E-state index contributed by atoms with van der Waals surface area (Å²) in [6.07, 6.45) is 0. The van der Waals surface area contributed by atoms with E-state index >= 15 is 0 Å². The fourth-order valence-corrected chi connectivity index (χ4v) is 2.31. The van der Waals surface area contributed by atoms with Gasteiger partial charge in [-0.05, 0) is 40.2 Å². The van der Waals surface area contributed by atoms with Crippen molar-refractivity contribution in [3.05, 3.63) is 58.6 Å². The molecule has 0 spiro atoms. The van der Waals surface area contributed by atoms with Gasteiger partial charge in [0, 0.05) is 11.6 Å². The normalized spacial score (nSPS) is 10.5. The number of furan rings is 1. The summed E-state index contributed by atoms with van der Waals surface area (Å²) < 4.78 is 16.2. The zero-order valence-electron chi connectivity index (χ0n) is 12.2. The van der Waals surface area contributed by atoms with E-state index in [1.807, 2.05) is 24.3 Å². The standard InChI is InChI=1S/C16H13BrN2O4/c1-21-12-4-2-3-10(7-12)14-8-11(19-23-14)9-18-16(20)13-5-6-15(17)22-13/h2-8H,9H2,1H3,(H,18,20). The first-order chi connectivity index (χ1) is 11.2. The lowest BCUT2D eigenvalue weighted by molar-refractivity contribution is 0.0921. The molecule has 0 fully saturated rings. The molecule has 1 aromatic carbocycles. The second kappa shape index (κ2) is 6.70. The smallest absolute Gasteiger partial charge is 0.287 e. The number of methoxy groups -OCH3 is 1. The van der Waals surface area contributed by atoms with Crippen LogP contribution < -0.4 is 10.1 Å². The molecule has 0 radical (unpaired) electrons. The number of hydrogen-bond acceptors (Lipinski definition) is 5. The Morgan fingerprint density at radius 1 is 1.30 bits per heavy atom. The van der Waals surface area contributed by atoms with Crippen LogP contribution in [-0.2, 0) is 6.54 Å². The van der Waals surface area contributed by atoms with E-state index in [4.69, 9.17) is 13.7 Å². The van der Waals surface area contributed by atoms with E-state index in [-0.39, 0.29) is 18.2 Å². The lowest BCUT2D eigenvalue weighted by Gasteiger charge is -2.00. The number of carbonyl (C=O) groups is 1. The van der Waals surface area contributed by atoms with Crippen molar-refractivity contribution in [1.82, 2.24) is 10.5 Å². The van der Waals surface area contributed by atoms with Crippen molar-refractivity contribution in [3.63, 3.8) is 0 Å². The summed E-state index contributed by atoms with van der Waals surface area (Å²) >= 11 is 3.15. The highest BCUT2D eigenvalue weighted by atomic mass is 79.9. The molecule has 0 bridgehead atoms. The number of rotatable bonds is 5. The first-order valence-electron chi connectivity index (χ1n) is 6.79. The monoisotopic (exact) mass is 376 g/mol. The first kappa shape index (κ1) is 15.4. The maximum atomic E-state index is 11.9. The fourth-order valence-electron chi connectivity index (χ4n) is 2.00. The van der Waals surface area contributed by atoms with Crippen LogP contribution in [0.25, 0.3) is 11.3 Å². The van der Waals surface area contributed by atoms with Gasteiger partial charge in [-0.3, -0.25) is 4.79 Å². The van der Waals surface area contributed by atoms with Crippen LogP contribution in [0.4, 0.5) is 0 Å². The van der Waals surface area contributed by atoms with E-state index in [1.165, 1.54) is 0 Å². The summed E-state index contributed by atoms with van der Waals surface area (Å²) in [5.41, 5.74) is 1.46. The zero-order chi connectivity index (χ0) is 16.2. The molecule has 0 unspecified atom stereocenters. The molecular formula is C16H13BrN2O4. The number of benzene rings is 1. The zero-order valence-corrected chi connectivity index (χ0v) is 13.8. The predicted octanol–water partition coefficient (Wildman–Crippen LogP) is 3.64. The summed E-state index contributed by atoms with van der Waals surface area (Å²) in [5, 5.41) is 6.66. The Balaban J connectivity index is 1.66. The number of amides is 1. The third-order valence-electron chi connectivity index (χ3n) is 3.14. The van der Waals surface area contributed by atoms with E-state index in [2.05, 4.69) is 26.4 Å². The fraction of sp³-hybridized carbons (Fsp3) is 0.125. The minimum absolute atomic E-state index is 0.230. The Labute approximate surface area is 140 Å². The average molecular weight is 377 g/mol. The molecule has 7 heteroatoms. The Bertz CT molecular complexity index is 825. The maximum Gasteiger partial charge on any atom is 0.287 e. The Morgan fingerprint density at radius 2 is 2.17 bits per heavy atom. The highest BCUT2D eigenvalue weighted by molar-refractivity contribution is 9.10. The molecular weight excluding hydrogens is 364 g/mol. The van der Waals surface area contributed by atoms with Gasteiger partial charge in [-0.15, -0.1) is 0 Å². The predicted molar refractivity (Wildman–Crippen MR) is 86.1 cm³/mol. The maximum absolute atomic E-state index is 11.9. The minimum Gasteiger partial charge on any atom is -0.497 e. The largest absolute Gasteiger partial charge is 0.497 e. The molecule has 0 atom stereocenters. The average Bonchev–Trinajstić information content (AvgIpc) is 3.22. The summed E-state index contributed by atoms with van der Waals surface area (Å²) in [6, 6.07) is 12.5. The van der Waals surface area contributed by atoms with Crippen molar-refractivity contribution in [2.75, 3.05) is 7.11 Å². The van der Waals surface area contributed by atoms with Gasteiger partial charge in [0.1, 0.15) is 11.4 Å². The summed E-state index contributed by atoms with van der Waals surface area (Å²) in [7, 11) is 1.60. The van der Waals surface area contributed by atoms with Crippen LogP contribution in [0, 0.1) is 0 Å². The number of aromatic nitrogens is 1. The van der Waals surface area contributed by atoms with Crippen LogP contribution in [0.3, 0.4) is 0 Å². The molecule has 1 N–H and O–H groups in total. The Hall–Kier alpha value is -2.54. The molecule has 2 heterocycles. The Morgan fingerprint density at radius 3 is 2.91 bits per heavy atom. The summed E-state index contributed by atoms with van der Waals surface area (Å²) in [6.45, 7) is 0.241. The van der Waals surface area contributed by atoms with Gasteiger partial charge in [-0.25, -0.2) is 0 Å². The van der Waals surface area contributed by atoms with Crippen LogP contribution >= 0.6 is 15.9 Å². The SMILES string of the molecule is COc1cccc(-c2cc(CNC(=O)c3ccc(Br)o3)no2)c1. The van der Waals surface area contributed by atoms with Gasteiger partial charge >= 0.3 is 0 Å². The van der Waals surface area contributed by atoms with Crippen molar-refractivity contribution in [2.45, 2.75) is 6.54 Å². The molecule has 23 heavy (non-hydrogen) atoms. The molecule has 1 amide bonds. The van der Waals surface area contributed by atoms with Crippen LogP contribution in [-0.4, -0.2) is 18.2 Å². The number of halogens is 1. The lowest BCUT2D eigenvalue weighted by atomic mass is 10.1. The van der Waals surface area contributed by atoms with E-state index in [1.54, 1.807) is 25.3 Å². The van der Waals surface area contributed by atoms with Crippen LogP contribution in [0.1, 0.15) is 16.2 Å². The number of nitrogens with zero attached hydrogens (tertiary/aromatic N) is 1. The molecule has 0 saturated heterocycles. The number of hydrogen-bond donors (Lipinski definition) is 1. The molecule has 2 aromatic heterocycles. The summed E-state index contributed by atoms with van der Waals surface area (Å²) in [5.74, 6) is 1.25. The Kier molecular flexibility index (Phi) is 4.47. The molecule has 0 aliphatic carbocycles. The highest BCUT2D eigenvalue weighted by Crippen LogP contribution is 2.24.